The van der Waals surface area contributed by atoms with Crippen molar-refractivity contribution in [1.82, 2.24) is 0 Å². The molecule has 0 N–H and O–H groups in total. The quantitative estimate of drug-likeness (QED) is 0.264. The highest BCUT2D eigenvalue weighted by molar-refractivity contribution is 9.10. The molecule has 1 heterocycles. The van der Waals surface area contributed by atoms with Gasteiger partial charge in [-0.2, -0.15) is 0 Å². The standard InChI is InChI=1S/C25H19BrN2O2S/c1-16-3-11-20(12-4-16)27-23(29)22(15-18-7-9-19(26)10-8-18)24(30)28(25(27)31)21-13-5-17(2)6-14-21/h3-15H,1-2H3. The normalized spacial score (nSPS) is 14.3. The number of hydrogen-bond donors (Lipinski definition) is 0. The number of hydrogen-bond acceptors (Lipinski definition) is 3. The number of rotatable bonds is 3. The average Bonchev–Trinajstić information content (AvgIpc) is 2.75. The molecule has 3 aromatic rings. The van der Waals surface area contributed by atoms with Gasteiger partial charge in [0.15, 0.2) is 5.11 Å². The zero-order valence-corrected chi connectivity index (χ0v) is 19.4. The Kier molecular flexibility index (Phi) is 5.85. The molecule has 4 rings (SSSR count). The van der Waals surface area contributed by atoms with Gasteiger partial charge in [0.05, 0.1) is 11.4 Å². The van der Waals surface area contributed by atoms with Crippen LogP contribution in [-0.4, -0.2) is 16.9 Å². The molecule has 0 atom stereocenters. The van der Waals surface area contributed by atoms with E-state index in [1.54, 1.807) is 6.08 Å². The van der Waals surface area contributed by atoms with E-state index in [0.717, 1.165) is 21.2 Å². The molecule has 31 heavy (non-hydrogen) atoms. The molecule has 3 aromatic carbocycles. The summed E-state index contributed by atoms with van der Waals surface area (Å²) in [6, 6.07) is 22.4. The van der Waals surface area contributed by atoms with E-state index in [-0.39, 0.29) is 10.7 Å². The summed E-state index contributed by atoms with van der Waals surface area (Å²) in [4.78, 5) is 29.7. The van der Waals surface area contributed by atoms with Crippen LogP contribution in [0.25, 0.3) is 6.08 Å². The fraction of sp³-hybridized carbons (Fsp3) is 0.0800. The Hall–Kier alpha value is -3.09. The Labute approximate surface area is 194 Å². The fourth-order valence-electron chi connectivity index (χ4n) is 3.30. The van der Waals surface area contributed by atoms with E-state index < -0.39 is 11.8 Å². The fourth-order valence-corrected chi connectivity index (χ4v) is 3.94. The summed E-state index contributed by atoms with van der Waals surface area (Å²) in [5.41, 5.74) is 4.17. The smallest absolute Gasteiger partial charge is 0.268 e. The summed E-state index contributed by atoms with van der Waals surface area (Å²) in [5, 5.41) is 0.135. The second-order valence-corrected chi connectivity index (χ2v) is 8.63. The number of anilines is 2. The lowest BCUT2D eigenvalue weighted by Crippen LogP contribution is -2.56. The molecule has 154 valence electrons. The van der Waals surface area contributed by atoms with E-state index in [1.807, 2.05) is 86.6 Å². The second kappa shape index (κ2) is 8.57. The molecule has 0 radical (unpaired) electrons. The largest absolute Gasteiger partial charge is 0.270 e. The SMILES string of the molecule is Cc1ccc(N2C(=O)C(=Cc3ccc(Br)cc3)C(=O)N(c3ccc(C)cc3)C2=S)cc1. The third-order valence-corrected chi connectivity index (χ3v) is 5.91. The lowest BCUT2D eigenvalue weighted by atomic mass is 10.0. The maximum atomic E-state index is 13.4. The van der Waals surface area contributed by atoms with Gasteiger partial charge in [-0.3, -0.25) is 19.4 Å². The van der Waals surface area contributed by atoms with Crippen LogP contribution in [0.5, 0.6) is 0 Å². The van der Waals surface area contributed by atoms with E-state index >= 15 is 0 Å². The van der Waals surface area contributed by atoms with Crippen molar-refractivity contribution in [2.24, 2.45) is 0 Å². The first kappa shape index (κ1) is 21.2. The van der Waals surface area contributed by atoms with Gasteiger partial charge in [-0.05, 0) is 74.1 Å². The van der Waals surface area contributed by atoms with E-state index in [1.165, 1.54) is 9.80 Å². The van der Waals surface area contributed by atoms with Crippen molar-refractivity contribution < 1.29 is 9.59 Å². The molecule has 0 aliphatic carbocycles. The number of halogens is 1. The minimum absolute atomic E-state index is 0.0528. The molecule has 0 bridgehead atoms. The molecule has 1 aliphatic rings. The van der Waals surface area contributed by atoms with Gasteiger partial charge in [-0.1, -0.05) is 63.5 Å². The van der Waals surface area contributed by atoms with Crippen LogP contribution < -0.4 is 9.80 Å². The summed E-state index contributed by atoms with van der Waals surface area (Å²) in [6.07, 6.45) is 1.61. The van der Waals surface area contributed by atoms with Gasteiger partial charge in [0.1, 0.15) is 5.57 Å². The first-order valence-corrected chi connectivity index (χ1v) is 10.9. The number of thiocarbonyl (C=S) groups is 1. The molecule has 6 heteroatoms. The van der Waals surface area contributed by atoms with Gasteiger partial charge >= 0.3 is 0 Å². The highest BCUT2D eigenvalue weighted by Gasteiger charge is 2.41. The maximum Gasteiger partial charge on any atom is 0.270 e. The monoisotopic (exact) mass is 490 g/mol. The highest BCUT2D eigenvalue weighted by atomic mass is 79.9. The molecule has 0 unspecified atom stereocenters. The molecule has 0 aromatic heterocycles. The van der Waals surface area contributed by atoms with Gasteiger partial charge in [-0.25, -0.2) is 0 Å². The predicted molar refractivity (Wildman–Crippen MR) is 132 cm³/mol. The van der Waals surface area contributed by atoms with Crippen molar-refractivity contribution in [3.63, 3.8) is 0 Å². The van der Waals surface area contributed by atoms with Crippen LogP contribution in [-0.2, 0) is 9.59 Å². The molecule has 2 amide bonds. The van der Waals surface area contributed by atoms with Crippen molar-refractivity contribution in [3.8, 4) is 0 Å². The highest BCUT2D eigenvalue weighted by Crippen LogP contribution is 2.30. The Morgan fingerprint density at radius 2 is 1.13 bits per heavy atom. The summed E-state index contributed by atoms with van der Waals surface area (Å²) >= 11 is 9.05. The maximum absolute atomic E-state index is 13.4. The number of carbonyl (C=O) groups excluding carboxylic acids is 2. The number of carbonyl (C=O) groups is 2. The van der Waals surface area contributed by atoms with Crippen LogP contribution in [0.3, 0.4) is 0 Å². The Bertz CT molecular complexity index is 1130. The molecule has 0 spiro atoms. The number of amides is 2. The van der Waals surface area contributed by atoms with E-state index in [4.69, 9.17) is 12.2 Å². The van der Waals surface area contributed by atoms with Gasteiger partial charge < -0.3 is 0 Å². The number of aryl methyl sites for hydroxylation is 2. The van der Waals surface area contributed by atoms with E-state index in [9.17, 15) is 9.59 Å². The second-order valence-electron chi connectivity index (χ2n) is 7.34. The third-order valence-electron chi connectivity index (χ3n) is 5.01. The minimum Gasteiger partial charge on any atom is -0.268 e. The molecule has 1 aliphatic heterocycles. The topological polar surface area (TPSA) is 40.6 Å². The van der Waals surface area contributed by atoms with Gasteiger partial charge in [0, 0.05) is 4.47 Å². The molecular weight excluding hydrogens is 472 g/mol. The zero-order chi connectivity index (χ0) is 22.1. The summed E-state index contributed by atoms with van der Waals surface area (Å²) < 4.78 is 0.916. The van der Waals surface area contributed by atoms with Crippen molar-refractivity contribution >= 4 is 62.5 Å². The van der Waals surface area contributed by atoms with Crippen LogP contribution in [0, 0.1) is 13.8 Å². The van der Waals surface area contributed by atoms with Crippen LogP contribution in [0.4, 0.5) is 11.4 Å². The number of benzene rings is 3. The minimum atomic E-state index is -0.440. The Balaban J connectivity index is 1.85. The Morgan fingerprint density at radius 3 is 1.55 bits per heavy atom. The van der Waals surface area contributed by atoms with Gasteiger partial charge in [0.25, 0.3) is 11.8 Å². The third kappa shape index (κ3) is 4.22. The molecule has 4 nitrogen and oxygen atoms in total. The van der Waals surface area contributed by atoms with Crippen molar-refractivity contribution in [2.75, 3.05) is 9.80 Å². The zero-order valence-electron chi connectivity index (χ0n) is 17.0. The summed E-state index contributed by atoms with van der Waals surface area (Å²) in [5.74, 6) is -0.879. The molecule has 1 fully saturated rings. The summed E-state index contributed by atoms with van der Waals surface area (Å²) in [6.45, 7) is 3.95. The van der Waals surface area contributed by atoms with Crippen LogP contribution >= 0.6 is 28.1 Å². The van der Waals surface area contributed by atoms with Crippen molar-refractivity contribution in [1.29, 1.82) is 0 Å². The van der Waals surface area contributed by atoms with Gasteiger partial charge in [0.2, 0.25) is 0 Å². The van der Waals surface area contributed by atoms with Crippen LogP contribution in [0.2, 0.25) is 0 Å². The predicted octanol–water partition coefficient (Wildman–Crippen LogP) is 5.81. The van der Waals surface area contributed by atoms with Crippen LogP contribution in [0.1, 0.15) is 16.7 Å². The Morgan fingerprint density at radius 1 is 0.710 bits per heavy atom. The lowest BCUT2D eigenvalue weighted by Gasteiger charge is -2.36. The molecule has 0 saturated carbocycles. The molecular formula is C25H19BrN2O2S. The van der Waals surface area contributed by atoms with E-state index in [0.29, 0.717) is 11.4 Å². The van der Waals surface area contributed by atoms with Crippen molar-refractivity contribution in [2.45, 2.75) is 13.8 Å². The number of nitrogens with zero attached hydrogens (tertiary/aromatic N) is 2. The first-order valence-electron chi connectivity index (χ1n) is 9.68. The van der Waals surface area contributed by atoms with E-state index in [2.05, 4.69) is 15.9 Å². The van der Waals surface area contributed by atoms with Crippen molar-refractivity contribution in [3.05, 3.63) is 99.5 Å². The first-order chi connectivity index (χ1) is 14.8. The molecule has 1 saturated heterocycles. The lowest BCUT2D eigenvalue weighted by molar-refractivity contribution is -0.120. The summed E-state index contributed by atoms with van der Waals surface area (Å²) in [7, 11) is 0. The average molecular weight is 491 g/mol. The van der Waals surface area contributed by atoms with Gasteiger partial charge in [-0.15, -0.1) is 0 Å². The van der Waals surface area contributed by atoms with Crippen LogP contribution in [0.15, 0.2) is 82.8 Å².